The van der Waals surface area contributed by atoms with E-state index in [0.29, 0.717) is 23.1 Å². The lowest BCUT2D eigenvalue weighted by Gasteiger charge is -2.06. The molecule has 0 saturated carbocycles. The number of benzene rings is 2. The molecule has 0 aliphatic heterocycles. The van der Waals surface area contributed by atoms with E-state index in [0.717, 1.165) is 0 Å². The lowest BCUT2D eigenvalue weighted by molar-refractivity contribution is -0.113. The predicted molar refractivity (Wildman–Crippen MR) is 86.1 cm³/mol. The van der Waals surface area contributed by atoms with Crippen molar-refractivity contribution in [2.24, 2.45) is 5.18 Å². The largest absolute Gasteiger partial charge is 0.509 e. The van der Waals surface area contributed by atoms with Gasteiger partial charge in [0, 0.05) is 17.7 Å². The van der Waals surface area contributed by atoms with E-state index in [1.807, 2.05) is 0 Å². The smallest absolute Gasteiger partial charge is 0.281 e. The summed E-state index contributed by atoms with van der Waals surface area (Å²) < 4.78 is 0. The number of hydrogen-bond donors (Lipinski definition) is 2. The fraction of sp³-hybridized carbons (Fsp3) is 0.0588. The van der Waals surface area contributed by atoms with E-state index in [9.17, 15) is 19.6 Å². The van der Waals surface area contributed by atoms with E-state index < -0.39 is 17.4 Å². The maximum atomic E-state index is 12.0. The molecule has 0 aliphatic rings. The van der Waals surface area contributed by atoms with Crippen LogP contribution in [-0.2, 0) is 11.2 Å². The van der Waals surface area contributed by atoms with Gasteiger partial charge in [0.1, 0.15) is 12.0 Å². The molecule has 0 aliphatic carbocycles. The SMILES string of the molecule is O=Cc1cccc(CC(O)=C(N=O)C(=O)Nc2ccccc2)c1. The Labute approximate surface area is 132 Å². The van der Waals surface area contributed by atoms with Gasteiger partial charge in [-0.05, 0) is 28.9 Å². The maximum absolute atomic E-state index is 12.0. The van der Waals surface area contributed by atoms with Gasteiger partial charge in [-0.25, -0.2) is 0 Å². The molecule has 2 N–H and O–H groups in total. The van der Waals surface area contributed by atoms with Crippen molar-refractivity contribution in [1.82, 2.24) is 0 Å². The van der Waals surface area contributed by atoms with E-state index in [-0.39, 0.29) is 6.42 Å². The minimum atomic E-state index is -0.796. The highest BCUT2D eigenvalue weighted by Gasteiger charge is 2.17. The molecule has 6 nitrogen and oxygen atoms in total. The minimum Gasteiger partial charge on any atom is -0.509 e. The monoisotopic (exact) mass is 310 g/mol. The summed E-state index contributed by atoms with van der Waals surface area (Å²) in [5.74, 6) is -1.26. The summed E-state index contributed by atoms with van der Waals surface area (Å²) in [6.07, 6.45) is 0.593. The van der Waals surface area contributed by atoms with Crippen molar-refractivity contribution in [3.63, 3.8) is 0 Å². The third kappa shape index (κ3) is 4.34. The van der Waals surface area contributed by atoms with Gasteiger partial charge in [0.15, 0.2) is 0 Å². The number of aldehydes is 1. The first kappa shape index (κ1) is 16.1. The van der Waals surface area contributed by atoms with Crippen molar-refractivity contribution in [2.45, 2.75) is 6.42 Å². The summed E-state index contributed by atoms with van der Waals surface area (Å²) in [5, 5.41) is 15.1. The third-order valence-electron chi connectivity index (χ3n) is 3.07. The Kier molecular flexibility index (Phi) is 5.35. The number of rotatable bonds is 6. The van der Waals surface area contributed by atoms with Gasteiger partial charge in [0.25, 0.3) is 5.91 Å². The number of carbonyl (C=O) groups is 2. The summed E-state index contributed by atoms with van der Waals surface area (Å²) in [4.78, 5) is 33.7. The summed E-state index contributed by atoms with van der Waals surface area (Å²) >= 11 is 0. The van der Waals surface area contributed by atoms with Gasteiger partial charge in [0.2, 0.25) is 5.70 Å². The minimum absolute atomic E-state index is 0.0784. The van der Waals surface area contributed by atoms with Crippen LogP contribution in [-0.4, -0.2) is 17.3 Å². The van der Waals surface area contributed by atoms with Crippen LogP contribution in [0.5, 0.6) is 0 Å². The number of nitrogens with zero attached hydrogens (tertiary/aromatic N) is 1. The topological polar surface area (TPSA) is 95.8 Å². The Morgan fingerprint density at radius 3 is 2.52 bits per heavy atom. The molecular weight excluding hydrogens is 296 g/mol. The molecule has 1 amide bonds. The van der Waals surface area contributed by atoms with Crippen LogP contribution in [0.15, 0.2) is 71.2 Å². The molecule has 0 spiro atoms. The van der Waals surface area contributed by atoms with Gasteiger partial charge >= 0.3 is 0 Å². The zero-order chi connectivity index (χ0) is 16.7. The number of hydrogen-bond acceptors (Lipinski definition) is 5. The average Bonchev–Trinajstić information content (AvgIpc) is 2.56. The Morgan fingerprint density at radius 1 is 1.13 bits per heavy atom. The van der Waals surface area contributed by atoms with Gasteiger partial charge in [0.05, 0.1) is 0 Å². The van der Waals surface area contributed by atoms with Gasteiger partial charge in [-0.15, -0.1) is 4.91 Å². The number of aliphatic hydroxyl groups is 1. The van der Waals surface area contributed by atoms with E-state index >= 15 is 0 Å². The summed E-state index contributed by atoms with van der Waals surface area (Å²) in [7, 11) is 0. The molecule has 2 rings (SSSR count). The van der Waals surface area contributed by atoms with E-state index in [1.165, 1.54) is 0 Å². The first-order valence-electron chi connectivity index (χ1n) is 6.80. The fourth-order valence-corrected chi connectivity index (χ4v) is 1.99. The summed E-state index contributed by atoms with van der Waals surface area (Å²) in [6, 6.07) is 15.0. The normalized spacial score (nSPS) is 11.3. The zero-order valence-electron chi connectivity index (χ0n) is 12.1. The molecule has 0 bridgehead atoms. The van der Waals surface area contributed by atoms with E-state index in [2.05, 4.69) is 10.5 Å². The molecule has 23 heavy (non-hydrogen) atoms. The summed E-state index contributed by atoms with van der Waals surface area (Å²) in [5.41, 5.74) is 0.908. The second-order valence-corrected chi connectivity index (χ2v) is 4.75. The Balaban J connectivity index is 2.19. The fourth-order valence-electron chi connectivity index (χ4n) is 1.99. The number of carbonyl (C=O) groups excluding carboxylic acids is 2. The van der Waals surface area contributed by atoms with Crippen LogP contribution in [0, 0.1) is 4.91 Å². The first-order valence-corrected chi connectivity index (χ1v) is 6.80. The molecule has 6 heteroatoms. The molecule has 0 aromatic heterocycles. The second kappa shape index (κ2) is 7.65. The molecule has 2 aromatic rings. The van der Waals surface area contributed by atoms with Crippen molar-refractivity contribution in [2.75, 3.05) is 5.32 Å². The molecule has 0 heterocycles. The van der Waals surface area contributed by atoms with Crippen LogP contribution in [0.2, 0.25) is 0 Å². The molecule has 0 radical (unpaired) electrons. The van der Waals surface area contributed by atoms with Crippen molar-refractivity contribution >= 4 is 17.9 Å². The first-order chi connectivity index (χ1) is 11.1. The predicted octanol–water partition coefficient (Wildman–Crippen LogP) is 3.22. The number of anilines is 1. The Bertz CT molecular complexity index is 754. The number of amides is 1. The van der Waals surface area contributed by atoms with E-state index in [4.69, 9.17) is 0 Å². The van der Waals surface area contributed by atoms with E-state index in [1.54, 1.807) is 54.6 Å². The number of allylic oxidation sites excluding steroid dienone is 1. The highest BCUT2D eigenvalue weighted by Crippen LogP contribution is 2.15. The molecule has 0 fully saturated rings. The van der Waals surface area contributed by atoms with Crippen LogP contribution in [0.3, 0.4) is 0 Å². The molecule has 0 unspecified atom stereocenters. The number of aliphatic hydroxyl groups excluding tert-OH is 1. The number of nitrogens with one attached hydrogen (secondary N) is 1. The van der Waals surface area contributed by atoms with Crippen LogP contribution in [0.1, 0.15) is 15.9 Å². The van der Waals surface area contributed by atoms with Crippen molar-refractivity contribution in [3.8, 4) is 0 Å². The van der Waals surface area contributed by atoms with Gasteiger partial charge < -0.3 is 10.4 Å². The van der Waals surface area contributed by atoms with Crippen molar-refractivity contribution in [3.05, 3.63) is 82.1 Å². The third-order valence-corrected chi connectivity index (χ3v) is 3.07. The average molecular weight is 310 g/mol. The molecular formula is C17H14N2O4. The Hall–Kier alpha value is -3.28. The van der Waals surface area contributed by atoms with Crippen LogP contribution < -0.4 is 5.32 Å². The number of para-hydroxylation sites is 1. The second-order valence-electron chi connectivity index (χ2n) is 4.75. The standard InChI is InChI=1S/C17H14N2O4/c20-11-13-6-4-5-12(9-13)10-15(21)16(19-23)17(22)18-14-7-2-1-3-8-14/h1-9,11,21H,10H2,(H,18,22). The highest BCUT2D eigenvalue weighted by molar-refractivity contribution is 6.03. The summed E-state index contributed by atoms with van der Waals surface area (Å²) in [6.45, 7) is 0. The quantitative estimate of drug-likeness (QED) is 0.370. The zero-order valence-corrected chi connectivity index (χ0v) is 12.1. The van der Waals surface area contributed by atoms with Gasteiger partial charge in [-0.2, -0.15) is 0 Å². The van der Waals surface area contributed by atoms with Crippen LogP contribution in [0.25, 0.3) is 0 Å². The molecule has 0 atom stereocenters. The lowest BCUT2D eigenvalue weighted by atomic mass is 10.1. The molecule has 116 valence electrons. The molecule has 2 aromatic carbocycles. The van der Waals surface area contributed by atoms with Crippen molar-refractivity contribution < 1.29 is 14.7 Å². The maximum Gasteiger partial charge on any atom is 0.281 e. The van der Waals surface area contributed by atoms with Gasteiger partial charge in [-0.3, -0.25) is 9.59 Å². The van der Waals surface area contributed by atoms with Crippen molar-refractivity contribution in [1.29, 1.82) is 0 Å². The van der Waals surface area contributed by atoms with Crippen LogP contribution in [0.4, 0.5) is 5.69 Å². The van der Waals surface area contributed by atoms with Crippen LogP contribution >= 0.6 is 0 Å². The number of nitroso groups, excluding NO2 is 1. The molecule has 0 saturated heterocycles. The highest BCUT2D eigenvalue weighted by atomic mass is 16.3. The van der Waals surface area contributed by atoms with Gasteiger partial charge in [-0.1, -0.05) is 36.4 Å². The Morgan fingerprint density at radius 2 is 1.87 bits per heavy atom. The lowest BCUT2D eigenvalue weighted by Crippen LogP contribution is -2.15.